The molecule has 0 saturated carbocycles. The maximum atomic E-state index is 13.9. The number of thiocarbonyl (C=S) groups is 1. The van der Waals surface area contributed by atoms with Crippen LogP contribution in [0.1, 0.15) is 5.56 Å². The highest BCUT2D eigenvalue weighted by Crippen LogP contribution is 2.28. The minimum atomic E-state index is -1.06. The van der Waals surface area contributed by atoms with E-state index in [2.05, 4.69) is 17.5 Å². The molecule has 7 heteroatoms. The zero-order chi connectivity index (χ0) is 14.9. The molecule has 0 fully saturated rings. The van der Waals surface area contributed by atoms with Crippen molar-refractivity contribution in [1.29, 1.82) is 0 Å². The van der Waals surface area contributed by atoms with Gasteiger partial charge in [0, 0.05) is 14.2 Å². The van der Waals surface area contributed by atoms with Crippen molar-refractivity contribution in [2.75, 3.05) is 5.32 Å². The highest BCUT2D eigenvalue weighted by Gasteiger charge is 2.15. The Morgan fingerprint density at radius 1 is 1.15 bits per heavy atom. The topological polar surface area (TPSA) is 38.0 Å². The summed E-state index contributed by atoms with van der Waals surface area (Å²) in [7, 11) is 0. The molecule has 0 aliphatic heterocycles. The molecule has 0 radical (unpaired) electrons. The Hall–Kier alpha value is -0.990. The maximum absolute atomic E-state index is 13.9. The molecular weight excluding hydrogens is 417 g/mol. The first kappa shape index (κ1) is 15.4. The van der Waals surface area contributed by atoms with E-state index in [1.54, 1.807) is 18.2 Å². The van der Waals surface area contributed by atoms with E-state index in [1.807, 2.05) is 22.6 Å². The molecule has 0 spiro atoms. The van der Waals surface area contributed by atoms with Gasteiger partial charge in [-0.05, 0) is 52.9 Å². The van der Waals surface area contributed by atoms with E-state index in [1.165, 1.54) is 12.1 Å². The Morgan fingerprint density at radius 2 is 1.80 bits per heavy atom. The lowest BCUT2D eigenvalue weighted by atomic mass is 10.1. The van der Waals surface area contributed by atoms with Crippen LogP contribution in [-0.4, -0.2) is 4.99 Å². The third-order valence-corrected chi connectivity index (χ3v) is 3.90. The van der Waals surface area contributed by atoms with Crippen LogP contribution < -0.4 is 11.1 Å². The van der Waals surface area contributed by atoms with Crippen molar-refractivity contribution in [3.05, 3.63) is 56.1 Å². The van der Waals surface area contributed by atoms with Crippen LogP contribution >= 0.6 is 46.4 Å². The summed E-state index contributed by atoms with van der Waals surface area (Å²) in [6, 6.07) is 7.78. The molecule has 20 heavy (non-hydrogen) atoms. The maximum Gasteiger partial charge on any atom is 0.182 e. The fourth-order valence-corrected chi connectivity index (χ4v) is 2.74. The minimum absolute atomic E-state index is 0.00254. The molecule has 0 atom stereocenters. The Kier molecular flexibility index (Phi) is 4.77. The van der Waals surface area contributed by atoms with Crippen LogP contribution in [0.3, 0.4) is 0 Å². The van der Waals surface area contributed by atoms with Gasteiger partial charge < -0.3 is 11.1 Å². The van der Waals surface area contributed by atoms with E-state index < -0.39 is 11.6 Å². The molecular formula is C13H8ClF2IN2S. The van der Waals surface area contributed by atoms with Gasteiger partial charge in [-0.25, -0.2) is 8.78 Å². The van der Waals surface area contributed by atoms with Crippen molar-refractivity contribution >= 4 is 62.8 Å². The fourth-order valence-electron chi connectivity index (χ4n) is 1.57. The zero-order valence-electron chi connectivity index (χ0n) is 9.88. The van der Waals surface area contributed by atoms with Crippen LogP contribution in [0.4, 0.5) is 20.2 Å². The van der Waals surface area contributed by atoms with Gasteiger partial charge in [0.25, 0.3) is 0 Å². The van der Waals surface area contributed by atoms with Crippen LogP contribution in [-0.2, 0) is 0 Å². The summed E-state index contributed by atoms with van der Waals surface area (Å²) in [5.41, 5.74) is 5.82. The monoisotopic (exact) mass is 424 g/mol. The van der Waals surface area contributed by atoms with Crippen LogP contribution in [0.25, 0.3) is 0 Å². The van der Waals surface area contributed by atoms with Gasteiger partial charge in [0.05, 0.1) is 11.4 Å². The number of anilines is 2. The van der Waals surface area contributed by atoms with E-state index in [-0.39, 0.29) is 16.2 Å². The molecule has 2 aromatic carbocycles. The lowest BCUT2D eigenvalue weighted by Crippen LogP contribution is -2.13. The van der Waals surface area contributed by atoms with E-state index in [9.17, 15) is 8.78 Å². The van der Waals surface area contributed by atoms with Gasteiger partial charge in [-0.1, -0.05) is 23.8 Å². The fraction of sp³-hybridized carbons (Fsp3) is 0. The van der Waals surface area contributed by atoms with Crippen molar-refractivity contribution in [2.45, 2.75) is 0 Å². The quantitative estimate of drug-likeness (QED) is 0.559. The molecule has 0 amide bonds. The number of nitrogens with two attached hydrogens (primary N) is 1. The first-order valence-electron chi connectivity index (χ1n) is 5.40. The largest absolute Gasteiger partial charge is 0.389 e. The smallest absolute Gasteiger partial charge is 0.182 e. The summed E-state index contributed by atoms with van der Waals surface area (Å²) in [5.74, 6) is -2.09. The molecule has 0 heterocycles. The molecule has 0 aliphatic rings. The molecule has 0 aromatic heterocycles. The predicted octanol–water partition coefficient (Wildman–Crippen LogP) is 4.60. The molecule has 0 unspecified atom stereocenters. The van der Waals surface area contributed by atoms with Gasteiger partial charge >= 0.3 is 0 Å². The van der Waals surface area contributed by atoms with Crippen LogP contribution in [0.2, 0.25) is 5.02 Å². The van der Waals surface area contributed by atoms with Gasteiger partial charge in [-0.3, -0.25) is 0 Å². The normalized spacial score (nSPS) is 10.4. The molecule has 104 valence electrons. The second-order valence-electron chi connectivity index (χ2n) is 3.90. The summed E-state index contributed by atoms with van der Waals surface area (Å²) in [4.78, 5) is -0.186. The second-order valence-corrected chi connectivity index (χ2v) is 5.94. The number of hydrogen-bond donors (Lipinski definition) is 2. The van der Waals surface area contributed by atoms with Crippen LogP contribution in [0, 0.1) is 15.2 Å². The SMILES string of the molecule is NC(=S)c1ccc(Nc2ccc(Cl)cc2I)c(F)c1F. The number of nitrogens with one attached hydrogen (secondary N) is 1. The Balaban J connectivity index is 2.39. The first-order chi connectivity index (χ1) is 9.40. The average Bonchev–Trinajstić information content (AvgIpc) is 2.37. The molecule has 3 N–H and O–H groups in total. The third kappa shape index (κ3) is 3.18. The van der Waals surface area contributed by atoms with Crippen molar-refractivity contribution in [3.8, 4) is 0 Å². The van der Waals surface area contributed by atoms with E-state index in [4.69, 9.17) is 17.3 Å². The summed E-state index contributed by atoms with van der Waals surface area (Å²) in [5, 5.41) is 3.37. The standard InChI is InChI=1S/C13H8ClF2IN2S/c14-6-1-3-9(8(17)5-6)19-10-4-2-7(13(18)20)11(15)12(10)16/h1-5,19H,(H2,18,20). The lowest BCUT2D eigenvalue weighted by molar-refractivity contribution is 0.510. The van der Waals surface area contributed by atoms with Gasteiger partial charge in [-0.2, -0.15) is 0 Å². The Bertz CT molecular complexity index is 694. The second kappa shape index (κ2) is 6.19. The minimum Gasteiger partial charge on any atom is -0.389 e. The van der Waals surface area contributed by atoms with Crippen LogP contribution in [0.5, 0.6) is 0 Å². The van der Waals surface area contributed by atoms with Gasteiger partial charge in [-0.15, -0.1) is 0 Å². The highest BCUT2D eigenvalue weighted by molar-refractivity contribution is 14.1. The van der Waals surface area contributed by atoms with E-state index in [0.717, 1.165) is 3.57 Å². The van der Waals surface area contributed by atoms with Crippen molar-refractivity contribution in [3.63, 3.8) is 0 Å². The molecule has 2 nitrogen and oxygen atoms in total. The number of hydrogen-bond acceptors (Lipinski definition) is 2. The molecule has 2 rings (SSSR count). The Labute approximate surface area is 138 Å². The zero-order valence-corrected chi connectivity index (χ0v) is 13.6. The van der Waals surface area contributed by atoms with E-state index >= 15 is 0 Å². The van der Waals surface area contributed by atoms with Gasteiger partial charge in [0.1, 0.15) is 4.99 Å². The molecule has 2 aromatic rings. The average molecular weight is 425 g/mol. The summed E-state index contributed by atoms with van der Waals surface area (Å²) in [6.45, 7) is 0. The number of halogens is 4. The molecule has 0 aliphatic carbocycles. The highest BCUT2D eigenvalue weighted by atomic mass is 127. The summed E-state index contributed by atoms with van der Waals surface area (Å²) < 4.78 is 28.5. The van der Waals surface area contributed by atoms with Gasteiger partial charge in [0.15, 0.2) is 11.6 Å². The lowest BCUT2D eigenvalue weighted by Gasteiger charge is -2.11. The number of rotatable bonds is 3. The summed E-state index contributed by atoms with van der Waals surface area (Å²) in [6.07, 6.45) is 0. The van der Waals surface area contributed by atoms with Crippen LogP contribution in [0.15, 0.2) is 30.3 Å². The van der Waals surface area contributed by atoms with Crippen molar-refractivity contribution in [2.24, 2.45) is 5.73 Å². The van der Waals surface area contributed by atoms with E-state index in [0.29, 0.717) is 10.7 Å². The molecule has 0 bridgehead atoms. The van der Waals surface area contributed by atoms with Crippen molar-refractivity contribution in [1.82, 2.24) is 0 Å². The Morgan fingerprint density at radius 3 is 2.40 bits per heavy atom. The van der Waals surface area contributed by atoms with Crippen molar-refractivity contribution < 1.29 is 8.78 Å². The summed E-state index contributed by atoms with van der Waals surface area (Å²) >= 11 is 12.5. The first-order valence-corrected chi connectivity index (χ1v) is 7.26. The molecule has 0 saturated heterocycles. The third-order valence-electron chi connectivity index (χ3n) is 2.55. The van der Waals surface area contributed by atoms with Gasteiger partial charge in [0.2, 0.25) is 0 Å². The number of benzene rings is 2. The predicted molar refractivity (Wildman–Crippen MR) is 89.7 cm³/mol.